The second-order valence-corrected chi connectivity index (χ2v) is 5.40. The van der Waals surface area contributed by atoms with Crippen molar-refractivity contribution in [2.24, 2.45) is 5.92 Å². The van der Waals surface area contributed by atoms with Crippen LogP contribution in [0, 0.1) is 5.92 Å². The molecule has 0 spiro atoms. The van der Waals surface area contributed by atoms with E-state index in [1.165, 1.54) is 0 Å². The van der Waals surface area contributed by atoms with Gasteiger partial charge in [0.25, 0.3) is 5.91 Å². The van der Waals surface area contributed by atoms with E-state index in [0.717, 1.165) is 5.69 Å². The smallest absolute Gasteiger partial charge is 0.306 e. The zero-order valence-electron chi connectivity index (χ0n) is 12.1. The molecular weight excluding hydrogens is 282 g/mol. The van der Waals surface area contributed by atoms with E-state index in [1.807, 2.05) is 24.4 Å². The highest BCUT2D eigenvalue weighted by Gasteiger charge is 2.27. The number of aromatic nitrogens is 2. The van der Waals surface area contributed by atoms with Crippen molar-refractivity contribution in [1.29, 1.82) is 0 Å². The van der Waals surface area contributed by atoms with Gasteiger partial charge >= 0.3 is 5.97 Å². The van der Waals surface area contributed by atoms with E-state index < -0.39 is 5.97 Å². The molecule has 3 rings (SSSR count). The number of rotatable bonds is 3. The van der Waals surface area contributed by atoms with Crippen LogP contribution in [0.2, 0.25) is 0 Å². The number of hydrogen-bond donors (Lipinski definition) is 1. The summed E-state index contributed by atoms with van der Waals surface area (Å²) in [5.41, 5.74) is 1.51. The van der Waals surface area contributed by atoms with E-state index in [9.17, 15) is 9.59 Å². The monoisotopic (exact) mass is 299 g/mol. The van der Waals surface area contributed by atoms with Crippen LogP contribution in [-0.4, -0.2) is 44.8 Å². The van der Waals surface area contributed by atoms with Gasteiger partial charge in [-0.05, 0) is 43.2 Å². The summed E-state index contributed by atoms with van der Waals surface area (Å²) >= 11 is 0. The minimum Gasteiger partial charge on any atom is -0.481 e. The second kappa shape index (κ2) is 6.01. The van der Waals surface area contributed by atoms with Gasteiger partial charge in [-0.25, -0.2) is 4.68 Å². The van der Waals surface area contributed by atoms with Crippen molar-refractivity contribution in [3.63, 3.8) is 0 Å². The average Bonchev–Trinajstić information content (AvgIpc) is 3.09. The summed E-state index contributed by atoms with van der Waals surface area (Å²) in [5, 5.41) is 13.1. The topological polar surface area (TPSA) is 75.4 Å². The molecule has 2 aromatic rings. The Morgan fingerprint density at radius 2 is 1.82 bits per heavy atom. The third kappa shape index (κ3) is 2.86. The predicted molar refractivity (Wildman–Crippen MR) is 79.8 cm³/mol. The number of piperidine rings is 1. The lowest BCUT2D eigenvalue weighted by Crippen LogP contribution is -2.40. The molecule has 0 bridgehead atoms. The highest BCUT2D eigenvalue weighted by atomic mass is 16.4. The Morgan fingerprint density at radius 1 is 1.14 bits per heavy atom. The maximum atomic E-state index is 12.4. The Kier molecular flexibility index (Phi) is 3.91. The van der Waals surface area contributed by atoms with Gasteiger partial charge in [-0.3, -0.25) is 9.59 Å². The molecular formula is C16H17N3O3. The Bertz CT molecular complexity index is 656. The molecule has 1 amide bonds. The molecule has 0 saturated carbocycles. The number of amides is 1. The first-order valence-corrected chi connectivity index (χ1v) is 7.27. The van der Waals surface area contributed by atoms with E-state index in [2.05, 4.69) is 5.10 Å². The number of benzene rings is 1. The van der Waals surface area contributed by atoms with Gasteiger partial charge < -0.3 is 10.0 Å². The van der Waals surface area contributed by atoms with Crippen LogP contribution in [0.3, 0.4) is 0 Å². The number of aliphatic carboxylic acids is 1. The predicted octanol–water partition coefficient (Wildman–Crippen LogP) is 1.81. The van der Waals surface area contributed by atoms with Crippen molar-refractivity contribution in [1.82, 2.24) is 14.7 Å². The highest BCUT2D eigenvalue weighted by Crippen LogP contribution is 2.19. The van der Waals surface area contributed by atoms with Crippen LogP contribution < -0.4 is 0 Å². The van der Waals surface area contributed by atoms with Gasteiger partial charge in [0.2, 0.25) is 0 Å². The Balaban J connectivity index is 1.67. The molecule has 114 valence electrons. The number of hydrogen-bond acceptors (Lipinski definition) is 3. The first-order chi connectivity index (χ1) is 10.6. The summed E-state index contributed by atoms with van der Waals surface area (Å²) in [4.78, 5) is 25.1. The Morgan fingerprint density at radius 3 is 2.36 bits per heavy atom. The summed E-state index contributed by atoms with van der Waals surface area (Å²) in [5.74, 6) is -1.14. The molecule has 1 saturated heterocycles. The van der Waals surface area contributed by atoms with Crippen LogP contribution in [0.25, 0.3) is 5.69 Å². The lowest BCUT2D eigenvalue weighted by molar-refractivity contribution is -0.143. The third-order valence-electron chi connectivity index (χ3n) is 4.01. The first kappa shape index (κ1) is 14.3. The van der Waals surface area contributed by atoms with Gasteiger partial charge in [0.1, 0.15) is 0 Å². The Labute approximate surface area is 128 Å². The van der Waals surface area contributed by atoms with Crippen molar-refractivity contribution < 1.29 is 14.7 Å². The summed E-state index contributed by atoms with van der Waals surface area (Å²) < 4.78 is 1.73. The molecule has 0 aliphatic carbocycles. The van der Waals surface area contributed by atoms with Gasteiger partial charge in [-0.2, -0.15) is 5.10 Å². The molecule has 0 radical (unpaired) electrons. The lowest BCUT2D eigenvalue weighted by Gasteiger charge is -2.30. The van der Waals surface area contributed by atoms with E-state index in [0.29, 0.717) is 31.5 Å². The van der Waals surface area contributed by atoms with Gasteiger partial charge in [-0.1, -0.05) is 0 Å². The molecule has 1 fully saturated rings. The zero-order chi connectivity index (χ0) is 15.5. The van der Waals surface area contributed by atoms with Crippen LogP contribution in [0.4, 0.5) is 0 Å². The van der Waals surface area contributed by atoms with E-state index in [-0.39, 0.29) is 11.8 Å². The van der Waals surface area contributed by atoms with Crippen molar-refractivity contribution in [3.05, 3.63) is 48.3 Å². The number of likely N-dealkylation sites (tertiary alicyclic amines) is 1. The van der Waals surface area contributed by atoms with Crippen LogP contribution >= 0.6 is 0 Å². The maximum absolute atomic E-state index is 12.4. The maximum Gasteiger partial charge on any atom is 0.306 e. The SMILES string of the molecule is O=C(O)C1CCN(C(=O)c2ccc(-n3cccn3)cc2)CC1. The van der Waals surface area contributed by atoms with Crippen LogP contribution in [0.5, 0.6) is 0 Å². The minimum absolute atomic E-state index is 0.0455. The van der Waals surface area contributed by atoms with Gasteiger partial charge in [0.15, 0.2) is 0 Å². The number of carboxylic acids is 1. The quantitative estimate of drug-likeness (QED) is 0.938. The van der Waals surface area contributed by atoms with Gasteiger partial charge in [0, 0.05) is 31.0 Å². The normalized spacial score (nSPS) is 15.7. The highest BCUT2D eigenvalue weighted by molar-refractivity contribution is 5.94. The average molecular weight is 299 g/mol. The minimum atomic E-state index is -0.768. The Hall–Kier alpha value is -2.63. The number of nitrogens with zero attached hydrogens (tertiary/aromatic N) is 3. The fraction of sp³-hybridized carbons (Fsp3) is 0.312. The van der Waals surface area contributed by atoms with Gasteiger partial charge in [0.05, 0.1) is 11.6 Å². The van der Waals surface area contributed by atoms with Crippen molar-refractivity contribution in [2.75, 3.05) is 13.1 Å². The largest absolute Gasteiger partial charge is 0.481 e. The summed E-state index contributed by atoms with van der Waals surface area (Å²) in [6, 6.07) is 9.10. The molecule has 0 atom stereocenters. The van der Waals surface area contributed by atoms with E-state index >= 15 is 0 Å². The van der Waals surface area contributed by atoms with Crippen LogP contribution in [-0.2, 0) is 4.79 Å². The fourth-order valence-electron chi connectivity index (χ4n) is 2.69. The molecule has 6 heteroatoms. The molecule has 1 aromatic carbocycles. The fourth-order valence-corrected chi connectivity index (χ4v) is 2.69. The van der Waals surface area contributed by atoms with Crippen LogP contribution in [0.1, 0.15) is 23.2 Å². The van der Waals surface area contributed by atoms with Gasteiger partial charge in [-0.15, -0.1) is 0 Å². The van der Waals surface area contributed by atoms with Crippen molar-refractivity contribution in [2.45, 2.75) is 12.8 Å². The number of carbonyl (C=O) groups excluding carboxylic acids is 1. The molecule has 1 aromatic heterocycles. The third-order valence-corrected chi connectivity index (χ3v) is 4.01. The molecule has 1 aliphatic heterocycles. The summed E-state index contributed by atoms with van der Waals surface area (Å²) in [6.45, 7) is 0.993. The zero-order valence-corrected chi connectivity index (χ0v) is 12.1. The molecule has 0 unspecified atom stereocenters. The summed E-state index contributed by atoms with van der Waals surface area (Å²) in [6.07, 6.45) is 4.58. The first-order valence-electron chi connectivity index (χ1n) is 7.27. The van der Waals surface area contributed by atoms with Crippen molar-refractivity contribution >= 4 is 11.9 Å². The standard InChI is InChI=1S/C16H17N3O3/c20-15(18-10-6-13(7-11-18)16(21)22)12-2-4-14(5-3-12)19-9-1-8-17-19/h1-5,8-9,13H,6-7,10-11H2,(H,21,22). The number of carboxylic acid groups (broad SMARTS) is 1. The molecule has 6 nitrogen and oxygen atoms in total. The molecule has 1 aliphatic rings. The number of carbonyl (C=O) groups is 2. The lowest BCUT2D eigenvalue weighted by atomic mass is 9.96. The molecule has 2 heterocycles. The van der Waals surface area contributed by atoms with Crippen molar-refractivity contribution in [3.8, 4) is 5.69 Å². The second-order valence-electron chi connectivity index (χ2n) is 5.40. The molecule has 1 N–H and O–H groups in total. The van der Waals surface area contributed by atoms with E-state index in [1.54, 1.807) is 27.9 Å². The molecule has 22 heavy (non-hydrogen) atoms. The van der Waals surface area contributed by atoms with Crippen LogP contribution in [0.15, 0.2) is 42.7 Å². The summed E-state index contributed by atoms with van der Waals surface area (Å²) in [7, 11) is 0. The van der Waals surface area contributed by atoms with E-state index in [4.69, 9.17) is 5.11 Å².